The van der Waals surface area contributed by atoms with E-state index in [1.807, 2.05) is 38.3 Å². The van der Waals surface area contributed by atoms with Crippen molar-refractivity contribution in [2.24, 2.45) is 5.92 Å². The van der Waals surface area contributed by atoms with Crippen molar-refractivity contribution >= 4 is 42.4 Å². The van der Waals surface area contributed by atoms with E-state index in [0.29, 0.717) is 11.6 Å². The average molecular weight is 781 g/mol. The quantitative estimate of drug-likeness (QED) is 0.0737. The molecule has 0 heterocycles. The number of methoxy groups -OCH3 is 1. The van der Waals surface area contributed by atoms with Crippen molar-refractivity contribution in [2.75, 3.05) is 7.11 Å². The van der Waals surface area contributed by atoms with Crippen LogP contribution in [0.4, 0.5) is 0 Å². The van der Waals surface area contributed by atoms with Crippen molar-refractivity contribution in [1.82, 2.24) is 0 Å². The molecular weight excluding hydrogens is 722 g/mol. The summed E-state index contributed by atoms with van der Waals surface area (Å²) in [5.41, 5.74) is 7.61. The second-order valence-electron chi connectivity index (χ2n) is 13.4. The fourth-order valence-electron chi connectivity index (χ4n) is 7.76. The van der Waals surface area contributed by atoms with Gasteiger partial charge >= 0.3 is 0 Å². The zero-order valence-electron chi connectivity index (χ0n) is 31.7. The Hall–Kier alpha value is -3.34. The van der Waals surface area contributed by atoms with Gasteiger partial charge in [0.05, 0.1) is 6.10 Å². The second-order valence-corrected chi connectivity index (χ2v) is 17.9. The number of ether oxygens (including phenoxy) is 1. The predicted octanol–water partition coefficient (Wildman–Crippen LogP) is 11.6. The van der Waals surface area contributed by atoms with Crippen LogP contribution < -0.4 is 26.5 Å². The molecule has 1 fully saturated rings. The number of allylic oxidation sites excluding steroid dienone is 5. The van der Waals surface area contributed by atoms with Gasteiger partial charge in [-0.2, -0.15) is 0 Å². The monoisotopic (exact) mass is 780 g/mol. The van der Waals surface area contributed by atoms with Gasteiger partial charge in [-0.25, -0.2) is 0 Å². The first-order chi connectivity index (χ1) is 24.9. The van der Waals surface area contributed by atoms with E-state index in [4.69, 9.17) is 4.74 Å². The van der Waals surface area contributed by atoms with E-state index in [2.05, 4.69) is 156 Å². The molecule has 0 aliphatic heterocycles. The molecule has 4 heteroatoms. The molecule has 0 amide bonds. The molecule has 1 saturated carbocycles. The molecule has 1 aliphatic rings. The summed E-state index contributed by atoms with van der Waals surface area (Å²) in [6.07, 6.45) is 13.2. The van der Waals surface area contributed by atoms with Crippen molar-refractivity contribution in [1.29, 1.82) is 0 Å². The Morgan fingerprint density at radius 3 is 1.60 bits per heavy atom. The van der Waals surface area contributed by atoms with Gasteiger partial charge in [0, 0.05) is 24.2 Å². The maximum atomic E-state index is 6.68. The molecule has 2 unspecified atom stereocenters. The van der Waals surface area contributed by atoms with E-state index >= 15 is 0 Å². The van der Waals surface area contributed by atoms with Gasteiger partial charge < -0.3 is 4.74 Å². The van der Waals surface area contributed by atoms with Crippen LogP contribution in [-0.4, -0.2) is 12.8 Å². The summed E-state index contributed by atoms with van der Waals surface area (Å²) < 4.78 is 6.68. The van der Waals surface area contributed by atoms with Crippen LogP contribution in [0.25, 0.3) is 0 Å². The van der Waals surface area contributed by atoms with Gasteiger partial charge in [-0.1, -0.05) is 172 Å². The minimum Gasteiger partial charge on any atom is -0.376 e. The third-order valence-corrected chi connectivity index (χ3v) is 16.1. The van der Waals surface area contributed by atoms with Crippen LogP contribution in [0, 0.1) is 33.6 Å². The Morgan fingerprint density at radius 1 is 0.642 bits per heavy atom. The summed E-state index contributed by atoms with van der Waals surface area (Å²) in [6, 6.07) is 45.1. The van der Waals surface area contributed by atoms with Crippen LogP contribution in [0.2, 0.25) is 0 Å². The van der Waals surface area contributed by atoms with Crippen molar-refractivity contribution < 1.29 is 21.8 Å². The summed E-state index contributed by atoms with van der Waals surface area (Å²) in [5.74, 6) is 0.439. The molecule has 3 atom stereocenters. The first kappa shape index (κ1) is 44.1. The number of aryl methyl sites for hydroxylation is 4. The Balaban J connectivity index is 0.000000767. The molecule has 0 aromatic heterocycles. The Labute approximate surface area is 334 Å². The molecule has 0 saturated heterocycles. The molecule has 278 valence electrons. The maximum Gasteiger partial charge on any atom is 0.0861 e. The molecule has 0 radical (unpaired) electrons. The van der Waals surface area contributed by atoms with Crippen molar-refractivity contribution in [3.8, 4) is 0 Å². The SMILES string of the molecule is C.C=CC=CC=CC.CO[C@@H](c1ccccc1P(c1ccccc1)c1ccccc1)C1CCCC1P(c1c(C)cccc1C)c1c(C)cccc1C.[Fe]. The zero-order valence-corrected chi connectivity index (χ0v) is 34.5. The molecule has 0 N–H and O–H groups in total. The average Bonchev–Trinajstić information content (AvgIpc) is 3.62. The molecular formula is C49H58FeOP2. The van der Waals surface area contributed by atoms with Gasteiger partial charge in [-0.05, 0) is 129 Å². The minimum absolute atomic E-state index is 0. The summed E-state index contributed by atoms with van der Waals surface area (Å²) >= 11 is 0. The van der Waals surface area contributed by atoms with Gasteiger partial charge in [0.2, 0.25) is 0 Å². The van der Waals surface area contributed by atoms with E-state index in [-0.39, 0.29) is 30.6 Å². The van der Waals surface area contributed by atoms with Gasteiger partial charge in [-0.15, -0.1) is 0 Å². The first-order valence-corrected chi connectivity index (χ1v) is 21.0. The van der Waals surface area contributed by atoms with E-state index in [0.717, 1.165) is 0 Å². The smallest absolute Gasteiger partial charge is 0.0861 e. The standard InChI is InChI=1S/C41H44OP2.C7H10.CH4.Fe/c1-29-17-14-18-30(2)40(29)44(41-31(3)19-15-20-32(41)4)38-28-16-26-36(38)39(42-5)35-25-12-13-27-37(35)43(33-21-8-6-9-22-33)34-23-10-7-11-24-34;1-3-5-7-6-4-2;;/h6-15,17-25,27,36,38-39H,16,26,28H2,1-5H3;3-7H,1H2,2H3;1H4;/t36?,38?,39-;;;/m0.../s1. The second kappa shape index (κ2) is 22.1. The van der Waals surface area contributed by atoms with Crippen LogP contribution in [0.15, 0.2) is 158 Å². The summed E-state index contributed by atoms with van der Waals surface area (Å²) in [7, 11) is 0.626. The largest absolute Gasteiger partial charge is 0.376 e. The topological polar surface area (TPSA) is 9.23 Å². The van der Waals surface area contributed by atoms with E-state index < -0.39 is 15.8 Å². The van der Waals surface area contributed by atoms with Crippen LogP contribution in [0.3, 0.4) is 0 Å². The Kier molecular flexibility index (Phi) is 18.4. The molecule has 0 bridgehead atoms. The fourth-order valence-corrected chi connectivity index (χ4v) is 14.1. The van der Waals surface area contributed by atoms with Crippen LogP contribution >= 0.6 is 15.8 Å². The molecule has 1 aliphatic carbocycles. The van der Waals surface area contributed by atoms with Gasteiger partial charge in [0.1, 0.15) is 0 Å². The van der Waals surface area contributed by atoms with E-state index in [9.17, 15) is 0 Å². The van der Waals surface area contributed by atoms with Crippen LogP contribution in [-0.2, 0) is 21.8 Å². The third-order valence-electron chi connectivity index (χ3n) is 9.93. The van der Waals surface area contributed by atoms with Crippen LogP contribution in [0.5, 0.6) is 0 Å². The van der Waals surface area contributed by atoms with Crippen molar-refractivity contribution in [3.05, 3.63) is 186 Å². The molecule has 53 heavy (non-hydrogen) atoms. The fraction of sp³-hybridized carbons (Fsp3) is 0.265. The predicted molar refractivity (Wildman–Crippen MR) is 235 cm³/mol. The van der Waals surface area contributed by atoms with Crippen molar-refractivity contribution in [3.63, 3.8) is 0 Å². The Bertz CT molecular complexity index is 1780. The van der Waals surface area contributed by atoms with Gasteiger partial charge in [-0.3, -0.25) is 0 Å². The number of rotatable bonds is 11. The third kappa shape index (κ3) is 10.7. The van der Waals surface area contributed by atoms with Gasteiger partial charge in [0.15, 0.2) is 0 Å². The number of benzene rings is 5. The molecule has 6 rings (SSSR count). The molecule has 1 nitrogen and oxygen atoms in total. The summed E-state index contributed by atoms with van der Waals surface area (Å²) in [4.78, 5) is 0. The number of hydrogen-bond donors (Lipinski definition) is 0. The van der Waals surface area contributed by atoms with Gasteiger partial charge in [0.25, 0.3) is 0 Å². The van der Waals surface area contributed by atoms with E-state index in [1.165, 1.54) is 63.0 Å². The normalized spacial score (nSPS) is 15.8. The minimum atomic E-state index is -0.732. The number of hydrogen-bond acceptors (Lipinski definition) is 1. The molecule has 0 spiro atoms. The van der Waals surface area contributed by atoms with E-state index in [1.54, 1.807) is 16.7 Å². The zero-order chi connectivity index (χ0) is 36.2. The first-order valence-electron chi connectivity index (χ1n) is 18.2. The van der Waals surface area contributed by atoms with Crippen molar-refractivity contribution in [2.45, 2.75) is 73.1 Å². The molecule has 5 aromatic rings. The Morgan fingerprint density at radius 2 is 1.13 bits per heavy atom. The molecule has 5 aromatic carbocycles. The van der Waals surface area contributed by atoms with Crippen LogP contribution in [0.1, 0.15) is 67.5 Å². The summed E-state index contributed by atoms with van der Waals surface area (Å²) in [5, 5.41) is 7.34. The summed E-state index contributed by atoms with van der Waals surface area (Å²) in [6.45, 7) is 14.8. The maximum absolute atomic E-state index is 6.68.